The SMILES string of the molecule is C=CC.Cc1cccc(C2C(C)C(CC(C)(C)C)N[C@H]2C(=O)Nc2ccc(C#N)s2)c1F. The lowest BCUT2D eigenvalue weighted by Gasteiger charge is -2.27. The van der Waals surface area contributed by atoms with Gasteiger partial charge in [0, 0.05) is 12.0 Å². The third-order valence-electron chi connectivity index (χ3n) is 5.61. The molecule has 1 amide bonds. The number of nitriles is 1. The lowest BCUT2D eigenvalue weighted by Crippen LogP contribution is -2.42. The number of halogens is 1. The normalized spacial score (nSPS) is 22.4. The van der Waals surface area contributed by atoms with E-state index < -0.39 is 6.04 Å². The van der Waals surface area contributed by atoms with Crippen LogP contribution in [0.5, 0.6) is 0 Å². The Morgan fingerprint density at radius 3 is 2.56 bits per heavy atom. The number of nitrogens with zero attached hydrogens (tertiary/aromatic N) is 1. The predicted octanol–water partition coefficient (Wildman–Crippen LogP) is 6.39. The molecular weight excluding hydrogens is 421 g/mol. The average molecular weight is 456 g/mol. The monoisotopic (exact) mass is 455 g/mol. The van der Waals surface area contributed by atoms with Crippen molar-refractivity contribution in [1.29, 1.82) is 5.26 Å². The number of carbonyl (C=O) groups excluding carboxylic acids is 1. The zero-order valence-corrected chi connectivity index (χ0v) is 20.6. The van der Waals surface area contributed by atoms with Crippen LogP contribution in [-0.2, 0) is 4.79 Å². The van der Waals surface area contributed by atoms with Gasteiger partial charge in [-0.2, -0.15) is 5.26 Å². The van der Waals surface area contributed by atoms with Crippen molar-refractivity contribution < 1.29 is 9.18 Å². The molecule has 1 aromatic carbocycles. The van der Waals surface area contributed by atoms with Crippen LogP contribution in [0.3, 0.4) is 0 Å². The molecule has 1 aromatic heterocycles. The summed E-state index contributed by atoms with van der Waals surface area (Å²) in [5.41, 5.74) is 1.26. The topological polar surface area (TPSA) is 64.9 Å². The highest BCUT2D eigenvalue weighted by molar-refractivity contribution is 7.16. The highest BCUT2D eigenvalue weighted by atomic mass is 32.1. The van der Waals surface area contributed by atoms with E-state index in [1.807, 2.05) is 13.0 Å². The number of nitrogens with one attached hydrogen (secondary N) is 2. The van der Waals surface area contributed by atoms with Crippen molar-refractivity contribution in [2.45, 2.75) is 66.0 Å². The molecule has 2 heterocycles. The van der Waals surface area contributed by atoms with Crippen molar-refractivity contribution in [2.75, 3.05) is 5.32 Å². The van der Waals surface area contributed by atoms with Crippen molar-refractivity contribution in [3.63, 3.8) is 0 Å². The molecule has 4 atom stereocenters. The number of aryl methyl sites for hydroxylation is 1. The third kappa shape index (κ3) is 6.27. The van der Waals surface area contributed by atoms with E-state index in [1.54, 1.807) is 37.3 Å². The van der Waals surface area contributed by atoms with Gasteiger partial charge >= 0.3 is 0 Å². The van der Waals surface area contributed by atoms with Gasteiger partial charge in [-0.1, -0.05) is 52.0 Å². The first-order chi connectivity index (χ1) is 15.0. The summed E-state index contributed by atoms with van der Waals surface area (Å²) in [7, 11) is 0. The summed E-state index contributed by atoms with van der Waals surface area (Å²) in [6.45, 7) is 15.6. The molecule has 1 aliphatic rings. The number of rotatable bonds is 4. The fourth-order valence-corrected chi connectivity index (χ4v) is 4.94. The highest BCUT2D eigenvalue weighted by Crippen LogP contribution is 2.42. The summed E-state index contributed by atoms with van der Waals surface area (Å²) in [5.74, 6) is -0.592. The zero-order valence-electron chi connectivity index (χ0n) is 19.8. The number of carbonyl (C=O) groups is 1. The van der Waals surface area contributed by atoms with Crippen LogP contribution in [-0.4, -0.2) is 18.0 Å². The summed E-state index contributed by atoms with van der Waals surface area (Å²) in [5, 5.41) is 16.1. The Morgan fingerprint density at radius 2 is 2.00 bits per heavy atom. The molecule has 0 radical (unpaired) electrons. The second-order valence-corrected chi connectivity index (χ2v) is 10.6. The molecule has 2 aromatic rings. The maximum Gasteiger partial charge on any atom is 0.242 e. The molecule has 32 heavy (non-hydrogen) atoms. The van der Waals surface area contributed by atoms with Crippen molar-refractivity contribution in [2.24, 2.45) is 11.3 Å². The standard InChI is InChI=1S/C23H28FN3OS.C3H6/c1-13-7-6-8-16(20(13)24)19-14(2)17(11-23(3,4)5)26-21(19)22(28)27-18-10-9-15(12-25)29-18;1-3-2/h6-10,14,17,19,21,26H,11H2,1-5H3,(H,27,28);3H,1H2,2H3/t14?,17?,19?,21-;/m1./s1. The van der Waals surface area contributed by atoms with Gasteiger partial charge < -0.3 is 10.6 Å². The van der Waals surface area contributed by atoms with E-state index in [0.717, 1.165) is 6.42 Å². The van der Waals surface area contributed by atoms with Gasteiger partial charge in [0.1, 0.15) is 16.8 Å². The van der Waals surface area contributed by atoms with Crippen LogP contribution in [0, 0.1) is 35.4 Å². The molecule has 0 aliphatic carbocycles. The Balaban J connectivity index is 0.00000114. The van der Waals surface area contributed by atoms with E-state index in [0.29, 0.717) is 21.0 Å². The van der Waals surface area contributed by atoms with Gasteiger partial charge in [-0.15, -0.1) is 17.9 Å². The molecule has 3 unspecified atom stereocenters. The zero-order chi connectivity index (χ0) is 24.1. The van der Waals surface area contributed by atoms with Crippen LogP contribution >= 0.6 is 11.3 Å². The Labute approximate surface area is 195 Å². The molecule has 4 nitrogen and oxygen atoms in total. The van der Waals surface area contributed by atoms with Gasteiger partial charge in [-0.3, -0.25) is 4.79 Å². The van der Waals surface area contributed by atoms with E-state index in [4.69, 9.17) is 5.26 Å². The molecule has 1 aliphatic heterocycles. The summed E-state index contributed by atoms with van der Waals surface area (Å²) < 4.78 is 15.0. The van der Waals surface area contributed by atoms with Crippen LogP contribution in [0.1, 0.15) is 63.0 Å². The third-order valence-corrected chi connectivity index (χ3v) is 6.52. The average Bonchev–Trinajstić information content (AvgIpc) is 3.28. The van der Waals surface area contributed by atoms with Gasteiger partial charge in [-0.05, 0) is 54.9 Å². The Hall–Kier alpha value is -2.49. The van der Waals surface area contributed by atoms with E-state index in [9.17, 15) is 4.79 Å². The minimum Gasteiger partial charge on any atom is -0.316 e. The number of hydrogen-bond donors (Lipinski definition) is 2. The molecular formula is C26H34FN3OS. The predicted molar refractivity (Wildman–Crippen MR) is 131 cm³/mol. The van der Waals surface area contributed by atoms with Crippen molar-refractivity contribution in [3.8, 4) is 6.07 Å². The summed E-state index contributed by atoms with van der Waals surface area (Å²) in [6.07, 6.45) is 2.64. The van der Waals surface area contributed by atoms with Crippen LogP contribution in [0.15, 0.2) is 43.0 Å². The first-order valence-corrected chi connectivity index (χ1v) is 11.7. The number of hydrogen-bond acceptors (Lipinski definition) is 4. The number of thiophene rings is 1. The summed E-state index contributed by atoms with van der Waals surface area (Å²) in [6, 6.07) is 10.5. The van der Waals surface area contributed by atoms with E-state index in [-0.39, 0.29) is 35.0 Å². The molecule has 1 fully saturated rings. The lowest BCUT2D eigenvalue weighted by molar-refractivity contribution is -0.118. The number of benzene rings is 1. The highest BCUT2D eigenvalue weighted by Gasteiger charge is 2.46. The van der Waals surface area contributed by atoms with E-state index >= 15 is 4.39 Å². The van der Waals surface area contributed by atoms with Gasteiger partial charge in [0.05, 0.1) is 11.0 Å². The fourth-order valence-electron chi connectivity index (χ4n) is 4.24. The second-order valence-electron chi connectivity index (χ2n) is 9.55. The number of allylic oxidation sites excluding steroid dienone is 1. The fraction of sp³-hybridized carbons (Fsp3) is 0.462. The molecule has 1 saturated heterocycles. The van der Waals surface area contributed by atoms with E-state index in [1.165, 1.54) is 11.3 Å². The first-order valence-electron chi connectivity index (χ1n) is 10.9. The van der Waals surface area contributed by atoms with Crippen LogP contribution < -0.4 is 10.6 Å². The Bertz CT molecular complexity index is 986. The van der Waals surface area contributed by atoms with Crippen molar-refractivity contribution in [1.82, 2.24) is 5.32 Å². The van der Waals surface area contributed by atoms with Crippen molar-refractivity contribution in [3.05, 3.63) is 64.8 Å². The Kier molecular flexibility index (Phi) is 8.77. The smallest absolute Gasteiger partial charge is 0.242 e. The minimum atomic E-state index is -0.540. The minimum absolute atomic E-state index is 0.0858. The molecule has 3 rings (SSSR count). The van der Waals surface area contributed by atoms with Crippen LogP contribution in [0.4, 0.5) is 9.39 Å². The van der Waals surface area contributed by atoms with Crippen LogP contribution in [0.2, 0.25) is 0 Å². The maximum atomic E-state index is 15.0. The molecule has 0 saturated carbocycles. The molecule has 6 heteroatoms. The van der Waals surface area contributed by atoms with Gasteiger partial charge in [-0.25, -0.2) is 4.39 Å². The summed E-state index contributed by atoms with van der Waals surface area (Å²) in [4.78, 5) is 13.7. The van der Waals surface area contributed by atoms with Crippen LogP contribution in [0.25, 0.3) is 0 Å². The largest absolute Gasteiger partial charge is 0.316 e. The second kappa shape index (κ2) is 10.9. The molecule has 2 N–H and O–H groups in total. The molecule has 0 bridgehead atoms. The maximum absolute atomic E-state index is 15.0. The van der Waals surface area contributed by atoms with Crippen molar-refractivity contribution >= 4 is 22.2 Å². The van der Waals surface area contributed by atoms with Gasteiger partial charge in [0.15, 0.2) is 0 Å². The summed E-state index contributed by atoms with van der Waals surface area (Å²) >= 11 is 1.24. The number of anilines is 1. The van der Waals surface area contributed by atoms with Gasteiger partial charge in [0.25, 0.3) is 0 Å². The Morgan fingerprint density at radius 1 is 1.34 bits per heavy atom. The first kappa shape index (κ1) is 25.8. The van der Waals surface area contributed by atoms with Gasteiger partial charge in [0.2, 0.25) is 5.91 Å². The lowest BCUT2D eigenvalue weighted by atomic mass is 9.78. The number of amides is 1. The molecule has 0 spiro atoms. The quantitative estimate of drug-likeness (QED) is 0.525. The molecule has 172 valence electrons. The van der Waals surface area contributed by atoms with E-state index in [2.05, 4.69) is 51.0 Å².